The van der Waals surface area contributed by atoms with Gasteiger partial charge in [-0.1, -0.05) is 18.7 Å². The fourth-order valence-electron chi connectivity index (χ4n) is 2.77. The van der Waals surface area contributed by atoms with E-state index in [1.165, 1.54) is 0 Å². The van der Waals surface area contributed by atoms with Crippen LogP contribution in [0.5, 0.6) is 0 Å². The number of hydrogen-bond acceptors (Lipinski definition) is 6. The Labute approximate surface area is 145 Å². The first-order valence-corrected chi connectivity index (χ1v) is 9.19. The SMILES string of the molecule is CCCc1nc2c(N)ncc(C)c2n1CCCSc1ncccn1. The number of nitrogens with zero attached hydrogens (tertiary/aromatic N) is 5. The molecule has 0 aliphatic rings. The van der Waals surface area contributed by atoms with Gasteiger partial charge in [0.15, 0.2) is 11.0 Å². The monoisotopic (exact) mass is 342 g/mol. The van der Waals surface area contributed by atoms with Crippen molar-refractivity contribution in [3.8, 4) is 0 Å². The maximum absolute atomic E-state index is 6.03. The molecule has 7 heteroatoms. The van der Waals surface area contributed by atoms with Crippen LogP contribution in [-0.4, -0.2) is 30.3 Å². The van der Waals surface area contributed by atoms with Gasteiger partial charge in [0, 0.05) is 37.3 Å². The van der Waals surface area contributed by atoms with E-state index in [1.807, 2.05) is 12.3 Å². The summed E-state index contributed by atoms with van der Waals surface area (Å²) in [5.41, 5.74) is 9.09. The molecule has 0 spiro atoms. The second kappa shape index (κ2) is 7.61. The van der Waals surface area contributed by atoms with Crippen molar-refractivity contribution in [3.63, 3.8) is 0 Å². The summed E-state index contributed by atoms with van der Waals surface area (Å²) in [6.07, 6.45) is 8.41. The van der Waals surface area contributed by atoms with E-state index in [0.29, 0.717) is 5.82 Å². The highest BCUT2D eigenvalue weighted by atomic mass is 32.2. The van der Waals surface area contributed by atoms with E-state index in [1.54, 1.807) is 24.2 Å². The van der Waals surface area contributed by atoms with Crippen LogP contribution < -0.4 is 5.73 Å². The highest BCUT2D eigenvalue weighted by Crippen LogP contribution is 2.25. The Kier molecular flexibility index (Phi) is 5.30. The van der Waals surface area contributed by atoms with Crippen molar-refractivity contribution in [1.82, 2.24) is 24.5 Å². The van der Waals surface area contributed by atoms with Gasteiger partial charge in [0.05, 0.1) is 5.52 Å². The van der Waals surface area contributed by atoms with Gasteiger partial charge in [-0.05, 0) is 31.4 Å². The lowest BCUT2D eigenvalue weighted by Gasteiger charge is -2.10. The van der Waals surface area contributed by atoms with Crippen LogP contribution in [0.4, 0.5) is 5.82 Å². The largest absolute Gasteiger partial charge is 0.382 e. The molecule has 0 aliphatic carbocycles. The first kappa shape index (κ1) is 16.7. The van der Waals surface area contributed by atoms with Crippen LogP contribution in [-0.2, 0) is 13.0 Å². The third kappa shape index (κ3) is 3.51. The van der Waals surface area contributed by atoms with Crippen molar-refractivity contribution >= 4 is 28.6 Å². The Bertz CT molecular complexity index is 815. The van der Waals surface area contributed by atoms with Crippen molar-refractivity contribution in [2.45, 2.75) is 44.8 Å². The standard InChI is InChI=1S/C17H22N6S/c1-3-6-13-22-14-15(12(2)11-21-16(14)18)23(13)9-5-10-24-17-19-7-4-8-20-17/h4,7-8,11H,3,5-6,9-10H2,1-2H3,(H2,18,21). The van der Waals surface area contributed by atoms with Gasteiger partial charge < -0.3 is 10.3 Å². The average Bonchev–Trinajstić information content (AvgIpc) is 2.96. The molecular formula is C17H22N6S. The van der Waals surface area contributed by atoms with Gasteiger partial charge in [0.25, 0.3) is 0 Å². The number of hydrogen-bond donors (Lipinski definition) is 1. The number of rotatable bonds is 7. The third-order valence-electron chi connectivity index (χ3n) is 3.83. The Morgan fingerprint density at radius 1 is 1.21 bits per heavy atom. The second-order valence-electron chi connectivity index (χ2n) is 5.69. The number of thioether (sulfide) groups is 1. The molecule has 0 aromatic carbocycles. The molecule has 3 rings (SSSR count). The smallest absolute Gasteiger partial charge is 0.187 e. The lowest BCUT2D eigenvalue weighted by atomic mass is 10.2. The summed E-state index contributed by atoms with van der Waals surface area (Å²) in [6.45, 7) is 5.14. The molecule has 126 valence electrons. The molecule has 0 amide bonds. The molecule has 0 radical (unpaired) electrons. The fourth-order valence-corrected chi connectivity index (χ4v) is 3.49. The molecule has 0 fully saturated rings. The van der Waals surface area contributed by atoms with Gasteiger partial charge in [-0.3, -0.25) is 0 Å². The van der Waals surface area contributed by atoms with Gasteiger partial charge in [-0.25, -0.2) is 19.9 Å². The molecule has 3 aromatic rings. The fraction of sp³-hybridized carbons (Fsp3) is 0.412. The lowest BCUT2D eigenvalue weighted by molar-refractivity contribution is 0.648. The highest BCUT2D eigenvalue weighted by molar-refractivity contribution is 7.99. The van der Waals surface area contributed by atoms with Gasteiger partial charge in [0.1, 0.15) is 11.3 Å². The van der Waals surface area contributed by atoms with Crippen LogP contribution in [0.3, 0.4) is 0 Å². The molecule has 0 unspecified atom stereocenters. The zero-order valence-corrected chi connectivity index (χ0v) is 14.9. The van der Waals surface area contributed by atoms with E-state index in [9.17, 15) is 0 Å². The summed E-state index contributed by atoms with van der Waals surface area (Å²) in [5, 5.41) is 0.825. The number of anilines is 1. The van der Waals surface area contributed by atoms with Crippen molar-refractivity contribution in [1.29, 1.82) is 0 Å². The second-order valence-corrected chi connectivity index (χ2v) is 6.75. The predicted octanol–water partition coefficient (Wildman–Crippen LogP) is 3.25. The van der Waals surface area contributed by atoms with E-state index in [4.69, 9.17) is 10.7 Å². The molecule has 0 saturated heterocycles. The topological polar surface area (TPSA) is 82.5 Å². The van der Waals surface area contributed by atoms with Crippen LogP contribution in [0.25, 0.3) is 11.0 Å². The van der Waals surface area contributed by atoms with Crippen LogP contribution in [0, 0.1) is 6.92 Å². The van der Waals surface area contributed by atoms with Gasteiger partial charge in [0.2, 0.25) is 0 Å². The van der Waals surface area contributed by atoms with Crippen molar-refractivity contribution < 1.29 is 0 Å². The number of aryl methyl sites for hydroxylation is 3. The lowest BCUT2D eigenvalue weighted by Crippen LogP contribution is -2.06. The number of nitrogen functional groups attached to an aromatic ring is 1. The Hall–Kier alpha value is -2.15. The minimum atomic E-state index is 0.513. The van der Waals surface area contributed by atoms with Crippen LogP contribution in [0.2, 0.25) is 0 Å². The summed E-state index contributed by atoms with van der Waals surface area (Å²) in [6, 6.07) is 1.83. The molecule has 3 heterocycles. The molecule has 24 heavy (non-hydrogen) atoms. The highest BCUT2D eigenvalue weighted by Gasteiger charge is 2.15. The molecular weight excluding hydrogens is 320 g/mol. The first-order chi connectivity index (χ1) is 11.7. The first-order valence-electron chi connectivity index (χ1n) is 8.20. The Morgan fingerprint density at radius 3 is 2.75 bits per heavy atom. The number of aromatic nitrogens is 5. The third-order valence-corrected chi connectivity index (χ3v) is 4.79. The molecule has 6 nitrogen and oxygen atoms in total. The van der Waals surface area contributed by atoms with Crippen molar-refractivity contribution in [3.05, 3.63) is 36.0 Å². The summed E-state index contributed by atoms with van der Waals surface area (Å²) in [7, 11) is 0. The van der Waals surface area contributed by atoms with Gasteiger partial charge in [-0.2, -0.15) is 0 Å². The maximum atomic E-state index is 6.03. The number of nitrogens with two attached hydrogens (primary N) is 1. The summed E-state index contributed by atoms with van der Waals surface area (Å²) >= 11 is 1.68. The average molecular weight is 342 g/mol. The number of pyridine rings is 1. The minimum Gasteiger partial charge on any atom is -0.382 e. The number of imidazole rings is 1. The molecule has 0 saturated carbocycles. The van der Waals surface area contributed by atoms with E-state index in [2.05, 4.69) is 33.4 Å². The summed E-state index contributed by atoms with van der Waals surface area (Å²) in [4.78, 5) is 17.5. The van der Waals surface area contributed by atoms with Crippen LogP contribution in [0.1, 0.15) is 31.2 Å². The van der Waals surface area contributed by atoms with Crippen molar-refractivity contribution in [2.24, 2.45) is 0 Å². The summed E-state index contributed by atoms with van der Waals surface area (Å²) < 4.78 is 2.30. The molecule has 2 N–H and O–H groups in total. The van der Waals surface area contributed by atoms with Crippen LogP contribution >= 0.6 is 11.8 Å². The Morgan fingerprint density at radius 2 is 2.00 bits per heavy atom. The zero-order chi connectivity index (χ0) is 16.9. The van der Waals surface area contributed by atoms with Gasteiger partial charge in [-0.15, -0.1) is 0 Å². The van der Waals surface area contributed by atoms with E-state index in [0.717, 1.165) is 59.1 Å². The van der Waals surface area contributed by atoms with E-state index >= 15 is 0 Å². The van der Waals surface area contributed by atoms with Crippen molar-refractivity contribution in [2.75, 3.05) is 11.5 Å². The van der Waals surface area contributed by atoms with Crippen LogP contribution in [0.15, 0.2) is 29.8 Å². The zero-order valence-electron chi connectivity index (χ0n) is 14.1. The molecule has 0 bridgehead atoms. The van der Waals surface area contributed by atoms with E-state index in [-0.39, 0.29) is 0 Å². The molecule has 3 aromatic heterocycles. The maximum Gasteiger partial charge on any atom is 0.187 e. The normalized spacial score (nSPS) is 11.2. The Balaban J connectivity index is 1.77. The van der Waals surface area contributed by atoms with Gasteiger partial charge >= 0.3 is 0 Å². The molecule has 0 atom stereocenters. The predicted molar refractivity (Wildman–Crippen MR) is 98.0 cm³/mol. The summed E-state index contributed by atoms with van der Waals surface area (Å²) in [5.74, 6) is 2.57. The quantitative estimate of drug-likeness (QED) is 0.403. The molecule has 0 aliphatic heterocycles. The minimum absolute atomic E-state index is 0.513. The van der Waals surface area contributed by atoms with E-state index < -0.39 is 0 Å². The number of fused-ring (bicyclic) bond motifs is 1.